The lowest BCUT2D eigenvalue weighted by atomic mass is 10.2. The average molecular weight is 346 g/mol. The summed E-state index contributed by atoms with van der Waals surface area (Å²) < 4.78 is 24.3. The monoisotopic (exact) mass is 346 g/mol. The van der Waals surface area contributed by atoms with E-state index in [1.165, 1.54) is 12.1 Å². The Hall–Kier alpha value is -2.65. The van der Waals surface area contributed by atoms with Gasteiger partial charge in [0.1, 0.15) is 5.82 Å². The van der Waals surface area contributed by atoms with Crippen molar-refractivity contribution in [1.29, 1.82) is 0 Å². The van der Waals surface area contributed by atoms with Gasteiger partial charge in [0, 0.05) is 26.7 Å². The molecule has 0 aliphatic rings. The molecule has 0 aliphatic heterocycles. The van der Waals surface area contributed by atoms with Crippen LogP contribution < -0.4 is 15.8 Å². The Morgan fingerprint density at radius 2 is 1.96 bits per heavy atom. The molecule has 4 N–H and O–H groups in total. The Morgan fingerprint density at radius 3 is 2.58 bits per heavy atom. The zero-order valence-electron chi connectivity index (χ0n) is 13.3. The molecule has 0 atom stereocenters. The molecule has 3 aromatic rings. The summed E-state index contributed by atoms with van der Waals surface area (Å²) in [6.45, 7) is 0.530. The molecule has 0 unspecified atom stereocenters. The number of rotatable bonds is 5. The summed E-state index contributed by atoms with van der Waals surface area (Å²) >= 11 is 0. The van der Waals surface area contributed by atoms with Crippen LogP contribution in [0.15, 0.2) is 41.4 Å². The Balaban J connectivity index is 1.85. The molecule has 8 nitrogen and oxygen atoms in total. The fourth-order valence-electron chi connectivity index (χ4n) is 2.38. The van der Waals surface area contributed by atoms with Crippen LogP contribution in [0, 0.1) is 0 Å². The normalized spacial score (nSPS) is 11.6. The summed E-state index contributed by atoms with van der Waals surface area (Å²) in [5.41, 5.74) is 2.60. The molecule has 1 aromatic carbocycles. The van der Waals surface area contributed by atoms with E-state index >= 15 is 0 Å². The number of nitrogens with one attached hydrogen (secondary N) is 2. The Morgan fingerprint density at radius 1 is 1.25 bits per heavy atom. The topological polar surface area (TPSA) is 115 Å². The van der Waals surface area contributed by atoms with Gasteiger partial charge in [0.2, 0.25) is 10.0 Å². The van der Waals surface area contributed by atoms with E-state index in [2.05, 4.69) is 20.7 Å². The second kappa shape index (κ2) is 6.10. The number of nitrogens with two attached hydrogens (primary N) is 1. The SMILES string of the molecule is CNc1cc(NCc2ccc(S(N)(=O)=O)cc2)c2cnn(C)c2n1. The van der Waals surface area contributed by atoms with Crippen molar-refractivity contribution < 1.29 is 8.42 Å². The summed E-state index contributed by atoms with van der Waals surface area (Å²) in [6.07, 6.45) is 1.76. The lowest BCUT2D eigenvalue weighted by Crippen LogP contribution is -2.12. The van der Waals surface area contributed by atoms with E-state index in [0.29, 0.717) is 6.54 Å². The molecule has 0 aliphatic carbocycles. The minimum atomic E-state index is -3.67. The number of hydrogen-bond donors (Lipinski definition) is 3. The van der Waals surface area contributed by atoms with Crippen molar-refractivity contribution in [2.75, 3.05) is 17.7 Å². The molecule has 126 valence electrons. The van der Waals surface area contributed by atoms with Gasteiger partial charge in [0.25, 0.3) is 0 Å². The zero-order valence-corrected chi connectivity index (χ0v) is 14.1. The van der Waals surface area contributed by atoms with Crippen molar-refractivity contribution in [3.63, 3.8) is 0 Å². The standard InChI is InChI=1S/C15H18N6O2S/c1-17-14-7-13(12-9-19-21(2)15(12)20-14)18-8-10-3-5-11(6-4-10)24(16,22)23/h3-7,9H,8H2,1-2H3,(H2,16,22,23)(H2,17,18,20). The van der Waals surface area contributed by atoms with E-state index in [4.69, 9.17) is 5.14 Å². The van der Waals surface area contributed by atoms with Crippen molar-refractivity contribution >= 4 is 32.6 Å². The van der Waals surface area contributed by atoms with Gasteiger partial charge >= 0.3 is 0 Å². The molecule has 2 aromatic heterocycles. The predicted molar refractivity (Wildman–Crippen MR) is 93.2 cm³/mol. The lowest BCUT2D eigenvalue weighted by molar-refractivity contribution is 0.598. The molecule has 0 spiro atoms. The summed E-state index contributed by atoms with van der Waals surface area (Å²) in [5, 5.41) is 16.6. The quantitative estimate of drug-likeness (QED) is 0.641. The molecular weight excluding hydrogens is 328 g/mol. The molecule has 0 amide bonds. The van der Waals surface area contributed by atoms with E-state index in [1.807, 2.05) is 13.1 Å². The zero-order chi connectivity index (χ0) is 17.3. The van der Waals surface area contributed by atoms with Crippen molar-refractivity contribution in [3.8, 4) is 0 Å². The molecule has 0 saturated heterocycles. The van der Waals surface area contributed by atoms with E-state index in [0.717, 1.165) is 28.1 Å². The van der Waals surface area contributed by atoms with Gasteiger partial charge in [-0.15, -0.1) is 0 Å². The summed E-state index contributed by atoms with van der Waals surface area (Å²) in [4.78, 5) is 4.58. The molecule has 0 bridgehead atoms. The van der Waals surface area contributed by atoms with E-state index < -0.39 is 10.0 Å². The Labute approximate surface area is 139 Å². The van der Waals surface area contributed by atoms with Gasteiger partial charge in [0.05, 0.1) is 22.2 Å². The van der Waals surface area contributed by atoms with Crippen LogP contribution >= 0.6 is 0 Å². The Bertz CT molecular complexity index is 979. The molecule has 0 saturated carbocycles. The van der Waals surface area contributed by atoms with E-state index in [9.17, 15) is 8.42 Å². The number of pyridine rings is 1. The Kier molecular flexibility index (Phi) is 4.12. The number of hydrogen-bond acceptors (Lipinski definition) is 6. The number of sulfonamides is 1. The second-order valence-corrected chi connectivity index (χ2v) is 6.91. The maximum absolute atomic E-state index is 11.3. The first-order valence-corrected chi connectivity index (χ1v) is 8.79. The molecular formula is C15H18N6O2S. The third-order valence-electron chi connectivity index (χ3n) is 3.70. The minimum Gasteiger partial charge on any atom is -0.380 e. The highest BCUT2D eigenvalue weighted by Gasteiger charge is 2.10. The first-order chi connectivity index (χ1) is 11.4. The average Bonchev–Trinajstić information content (AvgIpc) is 2.93. The van der Waals surface area contributed by atoms with Crippen LogP contribution in [0.2, 0.25) is 0 Å². The van der Waals surface area contributed by atoms with Crippen molar-refractivity contribution in [3.05, 3.63) is 42.1 Å². The second-order valence-electron chi connectivity index (χ2n) is 5.35. The number of anilines is 2. The van der Waals surface area contributed by atoms with Gasteiger partial charge in [-0.3, -0.25) is 4.68 Å². The summed E-state index contributed by atoms with van der Waals surface area (Å²) in [6, 6.07) is 8.36. The van der Waals surface area contributed by atoms with Crippen molar-refractivity contribution in [1.82, 2.24) is 14.8 Å². The van der Waals surface area contributed by atoms with Gasteiger partial charge in [0.15, 0.2) is 5.65 Å². The molecule has 0 radical (unpaired) electrons. The fourth-order valence-corrected chi connectivity index (χ4v) is 2.90. The molecule has 3 rings (SSSR count). The van der Waals surface area contributed by atoms with Gasteiger partial charge in [-0.05, 0) is 17.7 Å². The van der Waals surface area contributed by atoms with Crippen LogP contribution in [0.4, 0.5) is 11.5 Å². The largest absolute Gasteiger partial charge is 0.380 e. The molecule has 0 fully saturated rings. The van der Waals surface area contributed by atoms with E-state index in [1.54, 1.807) is 30.1 Å². The number of primary sulfonamides is 1. The predicted octanol–water partition coefficient (Wildman–Crippen LogP) is 1.27. The number of aromatic nitrogens is 3. The van der Waals surface area contributed by atoms with Crippen LogP contribution in [0.5, 0.6) is 0 Å². The molecule has 24 heavy (non-hydrogen) atoms. The van der Waals surface area contributed by atoms with Crippen molar-refractivity contribution in [2.24, 2.45) is 12.2 Å². The highest BCUT2D eigenvalue weighted by molar-refractivity contribution is 7.89. The van der Waals surface area contributed by atoms with Crippen LogP contribution in [0.1, 0.15) is 5.56 Å². The van der Waals surface area contributed by atoms with Crippen LogP contribution in [0.3, 0.4) is 0 Å². The first-order valence-electron chi connectivity index (χ1n) is 7.24. The number of nitrogens with zero attached hydrogens (tertiary/aromatic N) is 3. The number of aryl methyl sites for hydroxylation is 1. The summed E-state index contributed by atoms with van der Waals surface area (Å²) in [5.74, 6) is 0.734. The highest BCUT2D eigenvalue weighted by Crippen LogP contribution is 2.25. The lowest BCUT2D eigenvalue weighted by Gasteiger charge is -2.10. The van der Waals surface area contributed by atoms with Crippen LogP contribution in [-0.2, 0) is 23.6 Å². The minimum absolute atomic E-state index is 0.0993. The van der Waals surface area contributed by atoms with Crippen molar-refractivity contribution in [2.45, 2.75) is 11.4 Å². The smallest absolute Gasteiger partial charge is 0.238 e. The van der Waals surface area contributed by atoms with E-state index in [-0.39, 0.29) is 4.90 Å². The van der Waals surface area contributed by atoms with Gasteiger partial charge in [-0.25, -0.2) is 18.5 Å². The fraction of sp³-hybridized carbons (Fsp3) is 0.200. The first kappa shape index (κ1) is 16.2. The highest BCUT2D eigenvalue weighted by atomic mass is 32.2. The molecule has 9 heteroatoms. The van der Waals surface area contributed by atoms with Gasteiger partial charge in [-0.1, -0.05) is 12.1 Å². The van der Waals surface area contributed by atoms with Gasteiger partial charge in [-0.2, -0.15) is 5.10 Å². The van der Waals surface area contributed by atoms with Gasteiger partial charge < -0.3 is 10.6 Å². The molecule has 2 heterocycles. The summed E-state index contributed by atoms with van der Waals surface area (Å²) in [7, 11) is -0.0260. The number of fused-ring (bicyclic) bond motifs is 1. The van der Waals surface area contributed by atoms with Crippen LogP contribution in [0.25, 0.3) is 11.0 Å². The maximum atomic E-state index is 11.3. The number of benzene rings is 1. The maximum Gasteiger partial charge on any atom is 0.238 e. The third-order valence-corrected chi connectivity index (χ3v) is 4.63. The third kappa shape index (κ3) is 3.17. The van der Waals surface area contributed by atoms with Crippen LogP contribution in [-0.4, -0.2) is 30.2 Å².